The Kier molecular flexibility index (Phi) is 7.47. The van der Waals surface area contributed by atoms with Gasteiger partial charge in [-0.25, -0.2) is 0 Å². The predicted molar refractivity (Wildman–Crippen MR) is 172 cm³/mol. The highest BCUT2D eigenvalue weighted by Gasteiger charge is 2.44. The first-order chi connectivity index (χ1) is 20.0. The Labute approximate surface area is 250 Å². The summed E-state index contributed by atoms with van der Waals surface area (Å²) in [7, 11) is -0.0468. The first-order valence-corrected chi connectivity index (χ1v) is 18.1. The highest BCUT2D eigenvalue weighted by Crippen LogP contribution is 2.41. The lowest BCUT2D eigenvalue weighted by atomic mass is 9.89. The van der Waals surface area contributed by atoms with Crippen LogP contribution in [0.4, 0.5) is 5.69 Å². The van der Waals surface area contributed by atoms with Crippen molar-refractivity contribution in [2.45, 2.75) is 83.2 Å². The zero-order valence-corrected chi connectivity index (χ0v) is 26.8. The van der Waals surface area contributed by atoms with Crippen LogP contribution in [0.5, 0.6) is 0 Å². The zero-order valence-electron chi connectivity index (χ0n) is 25.8. The fraction of sp³-hybridized carbons (Fsp3) is 0.441. The molecule has 220 valence electrons. The molecule has 1 aliphatic carbocycles. The standard InChI is InChI=1S/C34H43N5O2Si/c1-34(2,3)42(5,6)41-30-12-8-7-11-29(30)39-22-36-32-28(33(39)40)19-25(27-10-9-17-35-31(27)32)18-23-13-15-24(16-14-23)26-20-37-38(4)21-26/h9-10,13-17,19-21,29-30,36H,7-8,11-12,18,22H2,1-6H3/t29-,30-/m0/s1. The molecular formula is C34H43N5O2Si. The van der Waals surface area contributed by atoms with Crippen molar-refractivity contribution in [3.05, 3.63) is 77.7 Å². The van der Waals surface area contributed by atoms with Gasteiger partial charge in [-0.2, -0.15) is 5.10 Å². The van der Waals surface area contributed by atoms with Gasteiger partial charge in [0, 0.05) is 30.4 Å². The van der Waals surface area contributed by atoms with E-state index in [4.69, 9.17) is 9.41 Å². The van der Waals surface area contributed by atoms with E-state index in [-0.39, 0.29) is 23.1 Å². The Morgan fingerprint density at radius 2 is 1.83 bits per heavy atom. The van der Waals surface area contributed by atoms with Gasteiger partial charge in [0.05, 0.1) is 41.8 Å². The SMILES string of the molecule is Cn1cc(-c2ccc(Cc3cc4c(c5ncccc35)NCN([C@H]3CCCC[C@@H]3O[Si](C)(C)C(C)(C)C)C4=O)cc2)cn1. The minimum atomic E-state index is -1.98. The quantitative estimate of drug-likeness (QED) is 0.241. The van der Waals surface area contributed by atoms with E-state index in [1.807, 2.05) is 41.3 Å². The molecule has 2 aromatic heterocycles. The molecule has 0 unspecified atom stereocenters. The minimum absolute atomic E-state index is 0.0725. The highest BCUT2D eigenvalue weighted by atomic mass is 28.4. The lowest BCUT2D eigenvalue weighted by molar-refractivity contribution is 0.0243. The van der Waals surface area contributed by atoms with Gasteiger partial charge in [0.1, 0.15) is 0 Å². The molecule has 2 atom stereocenters. The molecule has 2 aliphatic rings. The Hall–Kier alpha value is -3.49. The first-order valence-electron chi connectivity index (χ1n) is 15.2. The number of carbonyl (C=O) groups is 1. The van der Waals surface area contributed by atoms with Crippen molar-refractivity contribution in [1.82, 2.24) is 19.7 Å². The van der Waals surface area contributed by atoms with Crippen LogP contribution < -0.4 is 5.32 Å². The van der Waals surface area contributed by atoms with Crippen LogP contribution in [0.15, 0.2) is 61.1 Å². The van der Waals surface area contributed by atoms with Crippen molar-refractivity contribution in [2.75, 3.05) is 12.0 Å². The van der Waals surface area contributed by atoms with E-state index in [0.29, 0.717) is 12.2 Å². The molecule has 2 aromatic carbocycles. The number of pyridine rings is 1. The molecule has 0 spiro atoms. The molecule has 1 N–H and O–H groups in total. The summed E-state index contributed by atoms with van der Waals surface area (Å²) in [5.41, 5.74) is 6.97. The van der Waals surface area contributed by atoms with Crippen LogP contribution >= 0.6 is 0 Å². The molecule has 8 heteroatoms. The van der Waals surface area contributed by atoms with Crippen LogP contribution in [-0.2, 0) is 17.9 Å². The number of hydrogen-bond acceptors (Lipinski definition) is 5. The topological polar surface area (TPSA) is 72.3 Å². The van der Waals surface area contributed by atoms with Gasteiger partial charge in [0.15, 0.2) is 8.32 Å². The molecule has 1 aliphatic heterocycles. The van der Waals surface area contributed by atoms with Crippen LogP contribution in [0.2, 0.25) is 18.1 Å². The summed E-state index contributed by atoms with van der Waals surface area (Å²) < 4.78 is 8.78. The third-order valence-electron chi connectivity index (χ3n) is 9.60. The van der Waals surface area contributed by atoms with Gasteiger partial charge in [0.25, 0.3) is 5.91 Å². The molecule has 1 saturated carbocycles. The van der Waals surface area contributed by atoms with Crippen LogP contribution in [0, 0.1) is 0 Å². The summed E-state index contributed by atoms with van der Waals surface area (Å²) in [6, 6.07) is 14.9. The maximum Gasteiger partial charge on any atom is 0.257 e. The smallest absolute Gasteiger partial charge is 0.257 e. The third kappa shape index (κ3) is 5.38. The largest absolute Gasteiger partial charge is 0.412 e. The predicted octanol–water partition coefficient (Wildman–Crippen LogP) is 7.38. The van der Waals surface area contributed by atoms with Crippen molar-refractivity contribution in [3.8, 4) is 11.1 Å². The number of aromatic nitrogens is 3. The van der Waals surface area contributed by atoms with E-state index in [0.717, 1.165) is 65.4 Å². The van der Waals surface area contributed by atoms with Crippen LogP contribution in [0.1, 0.15) is 67.9 Å². The lowest BCUT2D eigenvalue weighted by Gasteiger charge is -2.47. The molecule has 6 rings (SSSR count). The van der Waals surface area contributed by atoms with Gasteiger partial charge >= 0.3 is 0 Å². The van der Waals surface area contributed by atoms with Crippen LogP contribution in [-0.4, -0.2) is 52.7 Å². The van der Waals surface area contributed by atoms with E-state index in [1.54, 1.807) is 0 Å². The minimum Gasteiger partial charge on any atom is -0.412 e. The molecule has 7 nitrogen and oxygen atoms in total. The van der Waals surface area contributed by atoms with Crippen molar-refractivity contribution in [1.29, 1.82) is 0 Å². The van der Waals surface area contributed by atoms with Gasteiger partial charge in [0.2, 0.25) is 0 Å². The molecule has 1 amide bonds. The van der Waals surface area contributed by atoms with E-state index < -0.39 is 8.32 Å². The van der Waals surface area contributed by atoms with Crippen molar-refractivity contribution in [3.63, 3.8) is 0 Å². The second-order valence-corrected chi connectivity index (χ2v) is 18.3. The number of anilines is 1. The highest BCUT2D eigenvalue weighted by molar-refractivity contribution is 6.74. The maximum absolute atomic E-state index is 14.3. The summed E-state index contributed by atoms with van der Waals surface area (Å²) in [6.07, 6.45) is 10.8. The normalized spacial score (nSPS) is 19.6. The number of rotatable bonds is 6. The third-order valence-corrected chi connectivity index (χ3v) is 14.1. The van der Waals surface area contributed by atoms with Crippen molar-refractivity contribution >= 4 is 30.8 Å². The molecule has 0 bridgehead atoms. The van der Waals surface area contributed by atoms with Gasteiger partial charge in [-0.05, 0) is 66.2 Å². The lowest BCUT2D eigenvalue weighted by Crippen LogP contribution is -2.56. The second-order valence-electron chi connectivity index (χ2n) is 13.5. The van der Waals surface area contributed by atoms with Gasteiger partial charge in [-0.3, -0.25) is 14.5 Å². The molecule has 4 aromatic rings. The summed E-state index contributed by atoms with van der Waals surface area (Å²) in [5, 5.41) is 9.11. The maximum atomic E-state index is 14.3. The number of aryl methyl sites for hydroxylation is 1. The fourth-order valence-corrected chi connectivity index (χ4v) is 7.58. The molecular weight excluding hydrogens is 538 g/mol. The number of fused-ring (bicyclic) bond motifs is 3. The number of nitrogens with zero attached hydrogens (tertiary/aromatic N) is 4. The van der Waals surface area contributed by atoms with Gasteiger partial charge in [-0.1, -0.05) is 63.9 Å². The summed E-state index contributed by atoms with van der Waals surface area (Å²) >= 11 is 0. The Bertz CT molecular complexity index is 1600. The van der Waals surface area contributed by atoms with Crippen molar-refractivity contribution < 1.29 is 9.22 Å². The van der Waals surface area contributed by atoms with E-state index in [2.05, 4.69) is 80.7 Å². The molecule has 3 heterocycles. The number of hydrogen-bond donors (Lipinski definition) is 1. The summed E-state index contributed by atoms with van der Waals surface area (Å²) in [6.45, 7) is 12.0. The molecule has 0 saturated heterocycles. The average molecular weight is 582 g/mol. The monoisotopic (exact) mass is 581 g/mol. The number of nitrogens with one attached hydrogen (secondary N) is 1. The van der Waals surface area contributed by atoms with Gasteiger partial charge in [-0.15, -0.1) is 0 Å². The van der Waals surface area contributed by atoms with Gasteiger partial charge < -0.3 is 14.6 Å². The van der Waals surface area contributed by atoms with Crippen LogP contribution in [0.25, 0.3) is 22.0 Å². The van der Waals surface area contributed by atoms with Crippen molar-refractivity contribution in [2.24, 2.45) is 7.05 Å². The Balaban J connectivity index is 1.31. The average Bonchev–Trinajstić information content (AvgIpc) is 3.40. The Morgan fingerprint density at radius 1 is 1.07 bits per heavy atom. The van der Waals surface area contributed by atoms with Crippen LogP contribution in [0.3, 0.4) is 0 Å². The van der Waals surface area contributed by atoms with E-state index in [1.165, 1.54) is 5.56 Å². The molecule has 1 fully saturated rings. The van der Waals surface area contributed by atoms with E-state index >= 15 is 0 Å². The van der Waals surface area contributed by atoms with E-state index in [9.17, 15) is 4.79 Å². The summed E-state index contributed by atoms with van der Waals surface area (Å²) in [5.74, 6) is 0.0835. The number of benzene rings is 2. The number of amides is 1. The summed E-state index contributed by atoms with van der Waals surface area (Å²) in [4.78, 5) is 21.1. The second kappa shape index (κ2) is 11.0. The first kappa shape index (κ1) is 28.6. The fourth-order valence-electron chi connectivity index (χ4n) is 6.20. The Morgan fingerprint density at radius 3 is 2.55 bits per heavy atom. The molecule has 42 heavy (non-hydrogen) atoms. The zero-order chi connectivity index (χ0) is 29.6. The number of carbonyl (C=O) groups excluding carboxylic acids is 1. The molecule has 0 radical (unpaired) electrons.